The molecule has 0 spiro atoms. The van der Waals surface area contributed by atoms with Crippen molar-refractivity contribution in [3.05, 3.63) is 22.7 Å². The highest BCUT2D eigenvalue weighted by molar-refractivity contribution is 9.10. The molecule has 0 bridgehead atoms. The van der Waals surface area contributed by atoms with Gasteiger partial charge in [-0.1, -0.05) is 15.9 Å². The molecule has 0 aliphatic carbocycles. The molecule has 1 heterocycles. The summed E-state index contributed by atoms with van der Waals surface area (Å²) in [5, 5.41) is 7.81. The summed E-state index contributed by atoms with van der Waals surface area (Å²) in [5.74, 6) is 1.51. The monoisotopic (exact) mass is 268 g/mol. The number of nitrogens with one attached hydrogen (secondary N) is 1. The van der Waals surface area contributed by atoms with Gasteiger partial charge in [0, 0.05) is 29.2 Å². The van der Waals surface area contributed by atoms with Gasteiger partial charge in [-0.15, -0.1) is 0 Å². The van der Waals surface area contributed by atoms with E-state index in [0.717, 1.165) is 35.3 Å². The van der Waals surface area contributed by atoms with E-state index in [1.807, 2.05) is 23.1 Å². The van der Waals surface area contributed by atoms with Crippen LogP contribution in [0.15, 0.2) is 22.7 Å². The average molecular weight is 269 g/mol. The van der Waals surface area contributed by atoms with Gasteiger partial charge < -0.3 is 9.64 Å². The highest BCUT2D eigenvalue weighted by Crippen LogP contribution is 2.29. The smallest absolute Gasteiger partial charge is 0.122 e. The number of anilines is 1. The van der Waals surface area contributed by atoms with Crippen molar-refractivity contribution in [2.24, 2.45) is 0 Å². The van der Waals surface area contributed by atoms with E-state index in [9.17, 15) is 0 Å². The molecule has 0 unspecified atom stereocenters. The Labute approximate surface area is 97.7 Å². The van der Waals surface area contributed by atoms with Gasteiger partial charge >= 0.3 is 0 Å². The topological polar surface area (TPSA) is 36.3 Å². The molecular weight excluding hydrogens is 256 g/mol. The van der Waals surface area contributed by atoms with Gasteiger partial charge in [-0.05, 0) is 18.6 Å². The van der Waals surface area contributed by atoms with Gasteiger partial charge in [0.15, 0.2) is 0 Å². The van der Waals surface area contributed by atoms with Crippen molar-refractivity contribution in [3.8, 4) is 5.75 Å². The van der Waals surface area contributed by atoms with Crippen LogP contribution in [0.1, 0.15) is 12.8 Å². The molecule has 3 nitrogen and oxygen atoms in total. The molecule has 2 rings (SSSR count). The SMILES string of the molecule is COc1cc(Br)cc(N2CCCC2=N)c1. The maximum Gasteiger partial charge on any atom is 0.122 e. The molecule has 0 aromatic heterocycles. The lowest BCUT2D eigenvalue weighted by atomic mass is 10.3. The third kappa shape index (κ3) is 2.15. The molecule has 1 N–H and O–H groups in total. The Morgan fingerprint density at radius 2 is 2.20 bits per heavy atom. The summed E-state index contributed by atoms with van der Waals surface area (Å²) in [7, 11) is 1.65. The van der Waals surface area contributed by atoms with E-state index in [0.29, 0.717) is 5.84 Å². The van der Waals surface area contributed by atoms with E-state index >= 15 is 0 Å². The van der Waals surface area contributed by atoms with Gasteiger partial charge in [0.2, 0.25) is 0 Å². The number of halogens is 1. The Hall–Kier alpha value is -1.03. The Balaban J connectivity index is 2.34. The summed E-state index contributed by atoms with van der Waals surface area (Å²) in [6, 6.07) is 5.90. The molecule has 0 saturated carbocycles. The highest BCUT2D eigenvalue weighted by Gasteiger charge is 2.19. The first-order chi connectivity index (χ1) is 7.20. The van der Waals surface area contributed by atoms with Crippen molar-refractivity contribution in [3.63, 3.8) is 0 Å². The summed E-state index contributed by atoms with van der Waals surface area (Å²) < 4.78 is 6.19. The first kappa shape index (κ1) is 10.5. The largest absolute Gasteiger partial charge is 0.497 e. The van der Waals surface area contributed by atoms with Crippen LogP contribution >= 0.6 is 15.9 Å². The second-order valence-corrected chi connectivity index (χ2v) is 4.47. The number of hydrogen-bond donors (Lipinski definition) is 1. The lowest BCUT2D eigenvalue weighted by Gasteiger charge is -2.18. The lowest BCUT2D eigenvalue weighted by Crippen LogP contribution is -2.23. The minimum absolute atomic E-state index is 0.690. The van der Waals surface area contributed by atoms with Crippen molar-refractivity contribution in [2.45, 2.75) is 12.8 Å². The van der Waals surface area contributed by atoms with Gasteiger partial charge in [0.25, 0.3) is 0 Å². The summed E-state index contributed by atoms with van der Waals surface area (Å²) in [4.78, 5) is 2.02. The number of hydrogen-bond acceptors (Lipinski definition) is 2. The van der Waals surface area contributed by atoms with Crippen LogP contribution in [0.4, 0.5) is 5.69 Å². The molecule has 0 radical (unpaired) electrons. The summed E-state index contributed by atoms with van der Waals surface area (Å²) in [6.07, 6.45) is 1.93. The Morgan fingerprint density at radius 1 is 1.40 bits per heavy atom. The average Bonchev–Trinajstić information content (AvgIpc) is 2.63. The van der Waals surface area contributed by atoms with Crippen molar-refractivity contribution < 1.29 is 4.74 Å². The van der Waals surface area contributed by atoms with E-state index in [1.165, 1.54) is 0 Å². The molecule has 80 valence electrons. The highest BCUT2D eigenvalue weighted by atomic mass is 79.9. The molecular formula is C11H13BrN2O. The summed E-state index contributed by atoms with van der Waals surface area (Å²) >= 11 is 3.44. The van der Waals surface area contributed by atoms with E-state index in [2.05, 4.69) is 15.9 Å². The third-order valence-electron chi connectivity index (χ3n) is 2.52. The zero-order chi connectivity index (χ0) is 10.8. The molecule has 1 aliphatic rings. The molecule has 1 aromatic rings. The summed E-state index contributed by atoms with van der Waals surface area (Å²) in [6.45, 7) is 0.929. The van der Waals surface area contributed by atoms with Crippen LogP contribution in [0.3, 0.4) is 0 Å². The van der Waals surface area contributed by atoms with Gasteiger partial charge in [0.1, 0.15) is 11.6 Å². The van der Waals surface area contributed by atoms with Crippen molar-refractivity contribution in [2.75, 3.05) is 18.6 Å². The maximum absolute atomic E-state index is 7.81. The fourth-order valence-electron chi connectivity index (χ4n) is 1.78. The van der Waals surface area contributed by atoms with Crippen molar-refractivity contribution in [1.82, 2.24) is 0 Å². The van der Waals surface area contributed by atoms with E-state index in [1.54, 1.807) is 7.11 Å². The summed E-state index contributed by atoms with van der Waals surface area (Å²) in [5.41, 5.74) is 1.03. The standard InChI is InChI=1S/C11H13BrN2O/c1-15-10-6-8(12)5-9(7-10)14-4-2-3-11(14)13/h5-7,13H,2-4H2,1H3. The lowest BCUT2D eigenvalue weighted by molar-refractivity contribution is 0.414. The number of rotatable bonds is 2. The van der Waals surface area contributed by atoms with E-state index < -0.39 is 0 Å². The molecule has 1 aliphatic heterocycles. The number of methoxy groups -OCH3 is 1. The van der Waals surface area contributed by atoms with E-state index in [4.69, 9.17) is 10.1 Å². The van der Waals surface area contributed by atoms with Gasteiger partial charge in [0.05, 0.1) is 7.11 Å². The molecule has 0 amide bonds. The first-order valence-electron chi connectivity index (χ1n) is 4.90. The van der Waals surface area contributed by atoms with Crippen molar-refractivity contribution >= 4 is 27.5 Å². The zero-order valence-corrected chi connectivity index (χ0v) is 10.2. The van der Waals surface area contributed by atoms with Gasteiger partial charge in [-0.3, -0.25) is 5.41 Å². The zero-order valence-electron chi connectivity index (χ0n) is 8.59. The van der Waals surface area contributed by atoms with Crippen LogP contribution in [-0.2, 0) is 0 Å². The first-order valence-corrected chi connectivity index (χ1v) is 5.69. The fourth-order valence-corrected chi connectivity index (χ4v) is 2.24. The fraction of sp³-hybridized carbons (Fsp3) is 0.364. The predicted molar refractivity (Wildman–Crippen MR) is 65.0 cm³/mol. The molecule has 4 heteroatoms. The Bertz CT molecular complexity index is 392. The Morgan fingerprint density at radius 3 is 2.80 bits per heavy atom. The second kappa shape index (κ2) is 4.23. The number of benzene rings is 1. The third-order valence-corrected chi connectivity index (χ3v) is 2.98. The second-order valence-electron chi connectivity index (χ2n) is 3.55. The van der Waals surface area contributed by atoms with E-state index in [-0.39, 0.29) is 0 Å². The normalized spacial score (nSPS) is 15.9. The quantitative estimate of drug-likeness (QED) is 0.895. The minimum atomic E-state index is 0.690. The van der Waals surface area contributed by atoms with Crippen LogP contribution in [0, 0.1) is 5.41 Å². The van der Waals surface area contributed by atoms with Crippen LogP contribution in [-0.4, -0.2) is 19.5 Å². The number of ether oxygens (including phenoxy) is 1. The maximum atomic E-state index is 7.81. The van der Waals surface area contributed by atoms with Crippen molar-refractivity contribution in [1.29, 1.82) is 5.41 Å². The van der Waals surface area contributed by atoms with Crippen LogP contribution in [0.25, 0.3) is 0 Å². The predicted octanol–water partition coefficient (Wildman–Crippen LogP) is 3.04. The van der Waals surface area contributed by atoms with Crippen LogP contribution in [0.2, 0.25) is 0 Å². The molecule has 0 atom stereocenters. The Kier molecular flexibility index (Phi) is 2.95. The molecule has 1 aromatic carbocycles. The molecule has 1 fully saturated rings. The molecule has 15 heavy (non-hydrogen) atoms. The van der Waals surface area contributed by atoms with Gasteiger partial charge in [-0.25, -0.2) is 0 Å². The van der Waals surface area contributed by atoms with Crippen LogP contribution in [0.5, 0.6) is 5.75 Å². The van der Waals surface area contributed by atoms with Crippen LogP contribution < -0.4 is 9.64 Å². The number of amidine groups is 1. The molecule has 1 saturated heterocycles. The van der Waals surface area contributed by atoms with Gasteiger partial charge in [-0.2, -0.15) is 0 Å². The number of nitrogens with zero attached hydrogens (tertiary/aromatic N) is 1. The minimum Gasteiger partial charge on any atom is -0.497 e.